The van der Waals surface area contributed by atoms with Gasteiger partial charge in [-0.25, -0.2) is 0 Å². The van der Waals surface area contributed by atoms with Gasteiger partial charge in [-0.15, -0.1) is 0 Å². The van der Waals surface area contributed by atoms with Crippen LogP contribution in [0.2, 0.25) is 0 Å². The van der Waals surface area contributed by atoms with Crippen LogP contribution < -0.4 is 0 Å². The highest BCUT2D eigenvalue weighted by atomic mass is 79.9. The summed E-state index contributed by atoms with van der Waals surface area (Å²) in [4.78, 5) is 0. The van der Waals surface area contributed by atoms with Crippen LogP contribution in [0.1, 0.15) is 11.5 Å². The normalized spacial score (nSPS) is 10.7. The summed E-state index contributed by atoms with van der Waals surface area (Å²) in [7, 11) is 0. The monoisotopic (exact) mass is 354 g/mol. The lowest BCUT2D eigenvalue weighted by atomic mass is 10.0. The van der Waals surface area contributed by atoms with Crippen LogP contribution in [-0.4, -0.2) is 10.7 Å². The van der Waals surface area contributed by atoms with Crippen molar-refractivity contribution in [2.45, 2.75) is 5.92 Å². The number of alkyl halides is 2. The van der Waals surface area contributed by atoms with Gasteiger partial charge in [0, 0.05) is 21.1 Å². The second-order valence-electron chi connectivity index (χ2n) is 2.56. The summed E-state index contributed by atoms with van der Waals surface area (Å²) in [5, 5.41) is 1.99. The first kappa shape index (κ1) is 10.7. The zero-order valence-electron chi connectivity index (χ0n) is 6.43. The summed E-state index contributed by atoms with van der Waals surface area (Å²) in [6, 6.07) is 8.42. The second-order valence-corrected chi connectivity index (χ2v) is 4.77. The largest absolute Gasteiger partial charge is 0.0921 e. The van der Waals surface area contributed by atoms with E-state index in [4.69, 9.17) is 0 Å². The second kappa shape index (κ2) is 5.40. The van der Waals surface area contributed by atoms with E-state index < -0.39 is 0 Å². The fourth-order valence-electron chi connectivity index (χ4n) is 0.980. The average Bonchev–Trinajstić information content (AvgIpc) is 2.07. The molecule has 66 valence electrons. The summed E-state index contributed by atoms with van der Waals surface area (Å²) in [6.45, 7) is 0. The average molecular weight is 357 g/mol. The molecule has 0 saturated carbocycles. The molecule has 0 aliphatic carbocycles. The van der Waals surface area contributed by atoms with E-state index in [1.165, 1.54) is 5.56 Å². The van der Waals surface area contributed by atoms with Crippen LogP contribution in [0, 0.1) is 0 Å². The van der Waals surface area contributed by atoms with Gasteiger partial charge in [-0.1, -0.05) is 59.9 Å². The van der Waals surface area contributed by atoms with E-state index >= 15 is 0 Å². The fraction of sp³-hybridized carbons (Fsp3) is 0.333. The molecule has 0 nitrogen and oxygen atoms in total. The third-order valence-corrected chi connectivity index (χ3v) is 3.75. The lowest BCUT2D eigenvalue weighted by Crippen LogP contribution is -2.00. The quantitative estimate of drug-likeness (QED) is 0.707. The molecular formula is C9H9Br3. The maximum Gasteiger partial charge on any atom is 0.0178 e. The maximum absolute atomic E-state index is 3.49. The molecule has 0 fully saturated rings. The molecule has 1 rings (SSSR count). The van der Waals surface area contributed by atoms with Crippen LogP contribution in [0.15, 0.2) is 28.7 Å². The molecule has 0 heterocycles. The van der Waals surface area contributed by atoms with Gasteiger partial charge in [-0.3, -0.25) is 0 Å². The topological polar surface area (TPSA) is 0 Å². The third kappa shape index (κ3) is 2.86. The number of benzene rings is 1. The van der Waals surface area contributed by atoms with Crippen molar-refractivity contribution in [3.63, 3.8) is 0 Å². The summed E-state index contributed by atoms with van der Waals surface area (Å²) < 4.78 is 1.15. The SMILES string of the molecule is BrCC(CBr)c1cccc(Br)c1. The van der Waals surface area contributed by atoms with Crippen molar-refractivity contribution >= 4 is 47.8 Å². The molecule has 1 aromatic carbocycles. The standard InChI is InChI=1S/C9H9Br3/c10-5-8(6-11)7-2-1-3-9(12)4-7/h1-4,8H,5-6H2. The molecule has 3 heteroatoms. The zero-order chi connectivity index (χ0) is 8.97. The van der Waals surface area contributed by atoms with Crippen LogP contribution in [-0.2, 0) is 0 Å². The van der Waals surface area contributed by atoms with Crippen molar-refractivity contribution in [1.29, 1.82) is 0 Å². The summed E-state index contributed by atoms with van der Waals surface area (Å²) >= 11 is 10.4. The maximum atomic E-state index is 3.49. The van der Waals surface area contributed by atoms with Gasteiger partial charge in [0.25, 0.3) is 0 Å². The first-order valence-electron chi connectivity index (χ1n) is 3.65. The van der Waals surface area contributed by atoms with Crippen molar-refractivity contribution < 1.29 is 0 Å². The van der Waals surface area contributed by atoms with Crippen molar-refractivity contribution in [2.24, 2.45) is 0 Å². The lowest BCUT2D eigenvalue weighted by Gasteiger charge is -2.10. The van der Waals surface area contributed by atoms with E-state index in [9.17, 15) is 0 Å². The van der Waals surface area contributed by atoms with Gasteiger partial charge in [0.05, 0.1) is 0 Å². The Balaban J connectivity index is 2.85. The summed E-state index contributed by atoms with van der Waals surface area (Å²) in [5.74, 6) is 0.558. The molecular weight excluding hydrogens is 348 g/mol. The van der Waals surface area contributed by atoms with E-state index in [1.54, 1.807) is 0 Å². The van der Waals surface area contributed by atoms with Gasteiger partial charge in [0.2, 0.25) is 0 Å². The van der Waals surface area contributed by atoms with Crippen LogP contribution in [0.25, 0.3) is 0 Å². The molecule has 0 saturated heterocycles. The first-order valence-corrected chi connectivity index (χ1v) is 6.69. The van der Waals surface area contributed by atoms with Crippen LogP contribution >= 0.6 is 47.8 Å². The van der Waals surface area contributed by atoms with Crippen molar-refractivity contribution in [3.8, 4) is 0 Å². The highest BCUT2D eigenvalue weighted by molar-refractivity contribution is 9.10. The molecule has 1 aromatic rings. The lowest BCUT2D eigenvalue weighted by molar-refractivity contribution is 0.909. The van der Waals surface area contributed by atoms with Crippen molar-refractivity contribution in [3.05, 3.63) is 34.3 Å². The van der Waals surface area contributed by atoms with Crippen LogP contribution in [0.5, 0.6) is 0 Å². The Morgan fingerprint density at radius 2 is 1.83 bits per heavy atom. The minimum atomic E-state index is 0.558. The molecule has 0 aliphatic heterocycles. The molecule has 0 N–H and O–H groups in total. The zero-order valence-corrected chi connectivity index (χ0v) is 11.2. The van der Waals surface area contributed by atoms with E-state index in [0.29, 0.717) is 5.92 Å². The van der Waals surface area contributed by atoms with E-state index in [1.807, 2.05) is 6.07 Å². The molecule has 0 radical (unpaired) electrons. The Hall–Kier alpha value is 0.660. The van der Waals surface area contributed by atoms with Crippen molar-refractivity contribution in [1.82, 2.24) is 0 Å². The predicted octanol–water partition coefficient (Wildman–Crippen LogP) is 4.32. The number of rotatable bonds is 3. The Kier molecular flexibility index (Phi) is 4.84. The molecule has 0 unspecified atom stereocenters. The molecule has 0 aromatic heterocycles. The summed E-state index contributed by atoms with van der Waals surface area (Å²) in [5.41, 5.74) is 1.36. The Bertz CT molecular complexity index is 243. The van der Waals surface area contributed by atoms with Crippen molar-refractivity contribution in [2.75, 3.05) is 10.7 Å². The van der Waals surface area contributed by atoms with Gasteiger partial charge in [-0.2, -0.15) is 0 Å². The predicted molar refractivity (Wildman–Crippen MR) is 64.5 cm³/mol. The molecule has 0 atom stereocenters. The van der Waals surface area contributed by atoms with Crippen LogP contribution in [0.4, 0.5) is 0 Å². The first-order chi connectivity index (χ1) is 5.77. The van der Waals surface area contributed by atoms with Gasteiger partial charge < -0.3 is 0 Å². The molecule has 0 amide bonds. The van der Waals surface area contributed by atoms with E-state index in [2.05, 4.69) is 66.0 Å². The summed E-state index contributed by atoms with van der Waals surface area (Å²) in [6.07, 6.45) is 0. The minimum absolute atomic E-state index is 0.558. The Morgan fingerprint density at radius 1 is 1.17 bits per heavy atom. The van der Waals surface area contributed by atoms with E-state index in [-0.39, 0.29) is 0 Å². The Morgan fingerprint density at radius 3 is 2.33 bits per heavy atom. The van der Waals surface area contributed by atoms with E-state index in [0.717, 1.165) is 15.1 Å². The minimum Gasteiger partial charge on any atom is -0.0921 e. The van der Waals surface area contributed by atoms with Gasteiger partial charge in [0.1, 0.15) is 0 Å². The number of halogens is 3. The number of hydrogen-bond acceptors (Lipinski definition) is 0. The molecule has 0 bridgehead atoms. The molecule has 0 spiro atoms. The fourth-order valence-corrected chi connectivity index (χ4v) is 3.22. The number of hydrogen-bond donors (Lipinski definition) is 0. The van der Waals surface area contributed by atoms with Gasteiger partial charge in [0.15, 0.2) is 0 Å². The third-order valence-electron chi connectivity index (χ3n) is 1.69. The van der Waals surface area contributed by atoms with Crippen LogP contribution in [0.3, 0.4) is 0 Å². The van der Waals surface area contributed by atoms with Gasteiger partial charge >= 0.3 is 0 Å². The van der Waals surface area contributed by atoms with Gasteiger partial charge in [-0.05, 0) is 17.7 Å². The Labute approximate surface area is 98.1 Å². The highest BCUT2D eigenvalue weighted by Crippen LogP contribution is 2.23. The highest BCUT2D eigenvalue weighted by Gasteiger charge is 2.07. The molecule has 0 aliphatic rings. The smallest absolute Gasteiger partial charge is 0.0178 e. The molecule has 12 heavy (non-hydrogen) atoms.